The van der Waals surface area contributed by atoms with E-state index in [4.69, 9.17) is 19.0 Å². The van der Waals surface area contributed by atoms with Crippen LogP contribution in [0.4, 0.5) is 10.3 Å². The van der Waals surface area contributed by atoms with Gasteiger partial charge >= 0.3 is 0 Å². The van der Waals surface area contributed by atoms with E-state index in [1.54, 1.807) is 30.6 Å². The number of halogens is 1. The Balaban J connectivity index is 1.12. The zero-order valence-electron chi connectivity index (χ0n) is 18.5. The standard InChI is InChI=1S/C23H29FN4O5/c24-22-17(16-29)4-3-5-20(22)18-12-25-23(26-13-18)28-14-19(15-28)27-33-11-9-30-8-10-32-21-6-1-2-7-31-21/h3-5,12-13,21,29H,1-2,6-11,14-16H2. The number of oxime groups is 1. The third-order valence-corrected chi connectivity index (χ3v) is 5.41. The van der Waals surface area contributed by atoms with Crippen LogP contribution in [-0.2, 0) is 25.7 Å². The molecule has 3 heterocycles. The van der Waals surface area contributed by atoms with Gasteiger partial charge in [0, 0.05) is 35.7 Å². The van der Waals surface area contributed by atoms with Gasteiger partial charge in [0.15, 0.2) is 6.29 Å². The topological polar surface area (TPSA) is 98.5 Å². The lowest BCUT2D eigenvalue weighted by atomic mass is 10.1. The van der Waals surface area contributed by atoms with E-state index in [-0.39, 0.29) is 18.5 Å². The largest absolute Gasteiger partial charge is 0.393 e. The average molecular weight is 461 g/mol. The Morgan fingerprint density at radius 3 is 2.70 bits per heavy atom. The molecule has 1 atom stereocenters. The number of aromatic nitrogens is 2. The third kappa shape index (κ3) is 6.44. The van der Waals surface area contributed by atoms with Crippen molar-refractivity contribution in [3.63, 3.8) is 0 Å². The van der Waals surface area contributed by atoms with Crippen molar-refractivity contribution >= 4 is 11.7 Å². The van der Waals surface area contributed by atoms with E-state index >= 15 is 0 Å². The molecule has 10 heteroatoms. The number of hydrogen-bond donors (Lipinski definition) is 1. The Morgan fingerprint density at radius 1 is 1.12 bits per heavy atom. The van der Waals surface area contributed by atoms with Crippen LogP contribution in [-0.4, -0.2) is 73.2 Å². The predicted molar refractivity (Wildman–Crippen MR) is 119 cm³/mol. The molecule has 0 amide bonds. The second-order valence-corrected chi connectivity index (χ2v) is 7.83. The summed E-state index contributed by atoms with van der Waals surface area (Å²) in [5, 5.41) is 13.3. The van der Waals surface area contributed by atoms with E-state index < -0.39 is 5.82 Å². The minimum atomic E-state index is -0.457. The zero-order chi connectivity index (χ0) is 22.9. The number of nitrogens with zero attached hydrogens (tertiary/aromatic N) is 4. The summed E-state index contributed by atoms with van der Waals surface area (Å²) in [6.45, 7) is 3.37. The molecule has 2 saturated heterocycles. The number of ether oxygens (including phenoxy) is 3. The third-order valence-electron chi connectivity index (χ3n) is 5.41. The maximum Gasteiger partial charge on any atom is 0.225 e. The van der Waals surface area contributed by atoms with Crippen molar-refractivity contribution in [3.05, 3.63) is 42.0 Å². The molecule has 1 aromatic heterocycles. The van der Waals surface area contributed by atoms with Gasteiger partial charge in [-0.2, -0.15) is 0 Å². The molecular weight excluding hydrogens is 431 g/mol. The molecule has 4 rings (SSSR count). The van der Waals surface area contributed by atoms with E-state index in [0.29, 0.717) is 56.6 Å². The van der Waals surface area contributed by atoms with Crippen LogP contribution in [0.5, 0.6) is 0 Å². The molecule has 0 radical (unpaired) electrons. The molecule has 2 aliphatic heterocycles. The molecule has 0 saturated carbocycles. The van der Waals surface area contributed by atoms with E-state index in [1.165, 1.54) is 0 Å². The van der Waals surface area contributed by atoms with Gasteiger partial charge in [0.05, 0.1) is 45.2 Å². The first-order valence-corrected chi connectivity index (χ1v) is 11.2. The number of benzene rings is 1. The fourth-order valence-electron chi connectivity index (χ4n) is 3.56. The first kappa shape index (κ1) is 23.5. The summed E-state index contributed by atoms with van der Waals surface area (Å²) in [5.41, 5.74) is 2.06. The zero-order valence-corrected chi connectivity index (χ0v) is 18.5. The highest BCUT2D eigenvalue weighted by molar-refractivity contribution is 5.98. The number of aliphatic hydroxyl groups is 1. The minimum absolute atomic E-state index is 0.0923. The van der Waals surface area contributed by atoms with Crippen LogP contribution in [0.15, 0.2) is 35.7 Å². The van der Waals surface area contributed by atoms with Crippen molar-refractivity contribution in [2.75, 3.05) is 51.0 Å². The Kier molecular flexibility index (Phi) is 8.53. The highest BCUT2D eigenvalue weighted by Crippen LogP contribution is 2.25. The van der Waals surface area contributed by atoms with Crippen molar-refractivity contribution in [3.8, 4) is 11.1 Å². The summed E-state index contributed by atoms with van der Waals surface area (Å²) in [5.74, 6) is 0.0864. The monoisotopic (exact) mass is 460 g/mol. The second-order valence-electron chi connectivity index (χ2n) is 7.83. The van der Waals surface area contributed by atoms with Crippen LogP contribution < -0.4 is 4.90 Å². The predicted octanol–water partition coefficient (Wildman–Crippen LogP) is 2.53. The maximum atomic E-state index is 14.4. The first-order valence-electron chi connectivity index (χ1n) is 11.2. The molecular formula is C23H29FN4O5. The fraction of sp³-hybridized carbons (Fsp3) is 0.522. The summed E-state index contributed by atoms with van der Waals surface area (Å²) < 4.78 is 30.9. The van der Waals surface area contributed by atoms with Gasteiger partial charge in [0.1, 0.15) is 12.4 Å². The lowest BCUT2D eigenvalue weighted by molar-refractivity contribution is -0.169. The van der Waals surface area contributed by atoms with Crippen molar-refractivity contribution in [2.24, 2.45) is 5.16 Å². The number of anilines is 1. The van der Waals surface area contributed by atoms with Crippen LogP contribution in [0.1, 0.15) is 24.8 Å². The molecule has 9 nitrogen and oxygen atoms in total. The van der Waals surface area contributed by atoms with E-state index in [2.05, 4.69) is 15.1 Å². The van der Waals surface area contributed by atoms with Gasteiger partial charge in [-0.3, -0.25) is 0 Å². The van der Waals surface area contributed by atoms with Gasteiger partial charge in [0.2, 0.25) is 5.95 Å². The van der Waals surface area contributed by atoms with Crippen molar-refractivity contribution in [1.29, 1.82) is 0 Å². The molecule has 1 aromatic carbocycles. The number of hydrogen-bond acceptors (Lipinski definition) is 9. The number of rotatable bonds is 11. The SMILES string of the molecule is OCc1cccc(-c2cnc(N3CC(=NOCCOCCOC4CCCCO4)C3)nc2)c1F. The van der Waals surface area contributed by atoms with Crippen molar-refractivity contribution in [2.45, 2.75) is 32.2 Å². The van der Waals surface area contributed by atoms with Crippen LogP contribution in [0.2, 0.25) is 0 Å². The number of aliphatic hydroxyl groups excluding tert-OH is 1. The van der Waals surface area contributed by atoms with Crippen LogP contribution in [0, 0.1) is 5.82 Å². The summed E-state index contributed by atoms with van der Waals surface area (Å²) in [4.78, 5) is 15.9. The Hall–Kier alpha value is -2.66. The van der Waals surface area contributed by atoms with Gasteiger partial charge in [-0.1, -0.05) is 23.4 Å². The molecule has 178 valence electrons. The summed E-state index contributed by atoms with van der Waals surface area (Å²) in [7, 11) is 0. The quantitative estimate of drug-likeness (QED) is 0.404. The van der Waals surface area contributed by atoms with Gasteiger partial charge in [-0.05, 0) is 19.3 Å². The van der Waals surface area contributed by atoms with Crippen molar-refractivity contribution in [1.82, 2.24) is 9.97 Å². The second kappa shape index (κ2) is 12.0. The summed E-state index contributed by atoms with van der Waals surface area (Å²) in [6, 6.07) is 4.88. The molecule has 0 aliphatic carbocycles. The lowest BCUT2D eigenvalue weighted by Crippen LogP contribution is -2.48. The van der Waals surface area contributed by atoms with E-state index in [0.717, 1.165) is 31.6 Å². The van der Waals surface area contributed by atoms with Crippen LogP contribution >= 0.6 is 0 Å². The minimum Gasteiger partial charge on any atom is -0.393 e. The summed E-state index contributed by atoms with van der Waals surface area (Å²) in [6.07, 6.45) is 6.27. The average Bonchev–Trinajstić information content (AvgIpc) is 2.83. The fourth-order valence-corrected chi connectivity index (χ4v) is 3.56. The Bertz CT molecular complexity index is 914. The van der Waals surface area contributed by atoms with Gasteiger partial charge < -0.3 is 29.1 Å². The molecule has 1 unspecified atom stereocenters. The molecule has 2 fully saturated rings. The Labute approximate surface area is 192 Å². The molecule has 1 N–H and O–H groups in total. The van der Waals surface area contributed by atoms with Crippen LogP contribution in [0.3, 0.4) is 0 Å². The van der Waals surface area contributed by atoms with Gasteiger partial charge in [-0.15, -0.1) is 0 Å². The van der Waals surface area contributed by atoms with E-state index in [9.17, 15) is 9.50 Å². The molecule has 2 aromatic rings. The molecule has 2 aliphatic rings. The van der Waals surface area contributed by atoms with Gasteiger partial charge in [0.25, 0.3) is 0 Å². The maximum absolute atomic E-state index is 14.4. The first-order chi connectivity index (χ1) is 16.2. The molecule has 33 heavy (non-hydrogen) atoms. The van der Waals surface area contributed by atoms with Crippen molar-refractivity contribution < 1.29 is 28.5 Å². The van der Waals surface area contributed by atoms with Crippen LogP contribution in [0.25, 0.3) is 11.1 Å². The normalized spacial score (nSPS) is 18.2. The highest BCUT2D eigenvalue weighted by Gasteiger charge is 2.25. The smallest absolute Gasteiger partial charge is 0.225 e. The van der Waals surface area contributed by atoms with E-state index in [1.807, 2.05) is 4.90 Å². The highest BCUT2D eigenvalue weighted by atomic mass is 19.1. The van der Waals surface area contributed by atoms with Gasteiger partial charge in [-0.25, -0.2) is 14.4 Å². The molecule has 0 bridgehead atoms. The lowest BCUT2D eigenvalue weighted by Gasteiger charge is -2.31. The molecule has 0 spiro atoms. The summed E-state index contributed by atoms with van der Waals surface area (Å²) >= 11 is 0. The Morgan fingerprint density at radius 2 is 1.94 bits per heavy atom.